The number of carbonyl (C=O) groups excluding carboxylic acids is 1. The van der Waals surface area contributed by atoms with E-state index in [1.807, 2.05) is 18.2 Å². The SMILES string of the molecule is Cc1ccc2c(c1)CCC2NC(=O)c1ccccc1CCC(=O)O. The molecule has 0 aliphatic heterocycles. The van der Waals surface area contributed by atoms with Crippen LogP contribution in [-0.4, -0.2) is 17.0 Å². The predicted molar refractivity (Wildman–Crippen MR) is 92.1 cm³/mol. The van der Waals surface area contributed by atoms with Gasteiger partial charge in [-0.2, -0.15) is 0 Å². The highest BCUT2D eigenvalue weighted by atomic mass is 16.4. The fourth-order valence-corrected chi connectivity index (χ4v) is 3.33. The average Bonchev–Trinajstić information content (AvgIpc) is 2.95. The van der Waals surface area contributed by atoms with Crippen molar-refractivity contribution in [2.45, 2.75) is 38.6 Å². The summed E-state index contributed by atoms with van der Waals surface area (Å²) in [6.45, 7) is 2.07. The van der Waals surface area contributed by atoms with Crippen molar-refractivity contribution >= 4 is 11.9 Å². The maximum Gasteiger partial charge on any atom is 0.303 e. The molecule has 0 fully saturated rings. The van der Waals surface area contributed by atoms with Crippen LogP contribution in [0.3, 0.4) is 0 Å². The van der Waals surface area contributed by atoms with Crippen molar-refractivity contribution < 1.29 is 14.7 Å². The van der Waals surface area contributed by atoms with E-state index in [1.165, 1.54) is 16.7 Å². The van der Waals surface area contributed by atoms with Crippen molar-refractivity contribution in [3.8, 4) is 0 Å². The molecule has 1 atom stereocenters. The largest absolute Gasteiger partial charge is 0.481 e. The zero-order valence-corrected chi connectivity index (χ0v) is 13.7. The second kappa shape index (κ2) is 6.87. The maximum absolute atomic E-state index is 12.7. The first-order valence-corrected chi connectivity index (χ1v) is 8.24. The van der Waals surface area contributed by atoms with Gasteiger partial charge >= 0.3 is 5.97 Å². The second-order valence-electron chi connectivity index (χ2n) is 6.32. The first kappa shape index (κ1) is 16.2. The van der Waals surface area contributed by atoms with Gasteiger partial charge in [-0.05, 0) is 48.9 Å². The van der Waals surface area contributed by atoms with E-state index in [1.54, 1.807) is 6.07 Å². The van der Waals surface area contributed by atoms with Gasteiger partial charge in [0.15, 0.2) is 0 Å². The molecule has 0 radical (unpaired) electrons. The molecule has 1 aliphatic carbocycles. The molecule has 0 bridgehead atoms. The summed E-state index contributed by atoms with van der Waals surface area (Å²) in [5.74, 6) is -0.986. The van der Waals surface area contributed by atoms with E-state index in [0.29, 0.717) is 12.0 Å². The number of hydrogen-bond donors (Lipinski definition) is 2. The van der Waals surface area contributed by atoms with Crippen LogP contribution in [0.15, 0.2) is 42.5 Å². The summed E-state index contributed by atoms with van der Waals surface area (Å²) in [6.07, 6.45) is 2.26. The number of benzene rings is 2. The van der Waals surface area contributed by atoms with Gasteiger partial charge in [0.25, 0.3) is 5.91 Å². The first-order valence-electron chi connectivity index (χ1n) is 8.24. The Morgan fingerprint density at radius 2 is 2.00 bits per heavy atom. The fourth-order valence-electron chi connectivity index (χ4n) is 3.33. The third kappa shape index (κ3) is 3.48. The van der Waals surface area contributed by atoms with Gasteiger partial charge in [0.05, 0.1) is 6.04 Å². The minimum Gasteiger partial charge on any atom is -0.481 e. The van der Waals surface area contributed by atoms with Crippen LogP contribution in [0.2, 0.25) is 0 Å². The molecule has 1 aliphatic rings. The summed E-state index contributed by atoms with van der Waals surface area (Å²) in [7, 11) is 0. The minimum absolute atomic E-state index is 0.0236. The zero-order valence-electron chi connectivity index (χ0n) is 13.7. The summed E-state index contributed by atoms with van der Waals surface area (Å²) in [4.78, 5) is 23.5. The fraction of sp³-hybridized carbons (Fsp3) is 0.300. The number of aryl methyl sites for hydroxylation is 3. The molecule has 1 amide bonds. The molecular weight excluding hydrogens is 302 g/mol. The number of fused-ring (bicyclic) bond motifs is 1. The van der Waals surface area contributed by atoms with Crippen molar-refractivity contribution in [2.24, 2.45) is 0 Å². The van der Waals surface area contributed by atoms with E-state index in [4.69, 9.17) is 5.11 Å². The van der Waals surface area contributed by atoms with E-state index >= 15 is 0 Å². The van der Waals surface area contributed by atoms with E-state index in [2.05, 4.69) is 30.4 Å². The van der Waals surface area contributed by atoms with Crippen LogP contribution in [0.4, 0.5) is 0 Å². The van der Waals surface area contributed by atoms with E-state index in [0.717, 1.165) is 18.4 Å². The molecule has 0 spiro atoms. The van der Waals surface area contributed by atoms with Gasteiger partial charge < -0.3 is 10.4 Å². The van der Waals surface area contributed by atoms with Crippen LogP contribution in [0.1, 0.15) is 51.5 Å². The quantitative estimate of drug-likeness (QED) is 0.886. The van der Waals surface area contributed by atoms with Crippen LogP contribution >= 0.6 is 0 Å². The van der Waals surface area contributed by atoms with Crippen LogP contribution in [-0.2, 0) is 17.6 Å². The van der Waals surface area contributed by atoms with E-state index in [9.17, 15) is 9.59 Å². The Morgan fingerprint density at radius 1 is 1.21 bits per heavy atom. The minimum atomic E-state index is -0.856. The number of nitrogens with one attached hydrogen (secondary N) is 1. The van der Waals surface area contributed by atoms with Crippen molar-refractivity contribution in [2.75, 3.05) is 0 Å². The van der Waals surface area contributed by atoms with Crippen molar-refractivity contribution in [1.29, 1.82) is 0 Å². The molecule has 4 nitrogen and oxygen atoms in total. The molecule has 0 aromatic heterocycles. The summed E-state index contributed by atoms with van der Waals surface area (Å²) in [5, 5.41) is 12.0. The lowest BCUT2D eigenvalue weighted by molar-refractivity contribution is -0.136. The molecule has 4 heteroatoms. The van der Waals surface area contributed by atoms with Gasteiger partial charge in [-0.1, -0.05) is 42.0 Å². The number of amides is 1. The molecular formula is C20H21NO3. The van der Waals surface area contributed by atoms with Crippen LogP contribution in [0.25, 0.3) is 0 Å². The van der Waals surface area contributed by atoms with Gasteiger partial charge in [-0.15, -0.1) is 0 Å². The normalized spacial score (nSPS) is 15.8. The number of carbonyl (C=O) groups is 2. The van der Waals surface area contributed by atoms with Gasteiger partial charge in [-0.3, -0.25) is 9.59 Å². The van der Waals surface area contributed by atoms with Crippen LogP contribution < -0.4 is 5.32 Å². The number of rotatable bonds is 5. The number of hydrogen-bond acceptors (Lipinski definition) is 2. The Labute approximate surface area is 141 Å². The van der Waals surface area contributed by atoms with Crippen LogP contribution in [0, 0.1) is 6.92 Å². The molecule has 2 aromatic rings. The van der Waals surface area contributed by atoms with Gasteiger partial charge in [-0.25, -0.2) is 0 Å². The van der Waals surface area contributed by atoms with Gasteiger partial charge in [0, 0.05) is 12.0 Å². The number of carboxylic acid groups (broad SMARTS) is 1. The first-order chi connectivity index (χ1) is 11.5. The maximum atomic E-state index is 12.7. The molecule has 0 saturated heterocycles. The monoisotopic (exact) mass is 323 g/mol. The predicted octanol–water partition coefficient (Wildman–Crippen LogP) is 3.43. The van der Waals surface area contributed by atoms with Gasteiger partial charge in [0.1, 0.15) is 0 Å². The molecule has 2 aromatic carbocycles. The molecule has 0 heterocycles. The third-order valence-corrected chi connectivity index (χ3v) is 4.55. The number of aliphatic carboxylic acids is 1. The molecule has 0 saturated carbocycles. The lowest BCUT2D eigenvalue weighted by atomic mass is 10.0. The van der Waals surface area contributed by atoms with E-state index < -0.39 is 5.97 Å². The standard InChI is InChI=1S/C20H21NO3/c1-13-6-9-16-15(12-13)7-10-18(16)21-20(24)17-5-3-2-4-14(17)8-11-19(22)23/h2-6,9,12,18H,7-8,10-11H2,1H3,(H,21,24)(H,22,23). The Bertz CT molecular complexity index is 782. The smallest absolute Gasteiger partial charge is 0.303 e. The number of carboxylic acids is 1. The summed E-state index contributed by atoms with van der Waals surface area (Å²) in [5.41, 5.74) is 5.08. The Morgan fingerprint density at radius 3 is 2.79 bits per heavy atom. The van der Waals surface area contributed by atoms with Gasteiger partial charge in [0.2, 0.25) is 0 Å². The molecule has 3 rings (SSSR count). The highest BCUT2D eigenvalue weighted by molar-refractivity contribution is 5.96. The molecule has 2 N–H and O–H groups in total. The Kier molecular flexibility index (Phi) is 4.65. The lowest BCUT2D eigenvalue weighted by Crippen LogP contribution is -2.28. The third-order valence-electron chi connectivity index (χ3n) is 4.55. The highest BCUT2D eigenvalue weighted by Crippen LogP contribution is 2.32. The Balaban J connectivity index is 1.76. The average molecular weight is 323 g/mol. The lowest BCUT2D eigenvalue weighted by Gasteiger charge is -2.16. The second-order valence-corrected chi connectivity index (χ2v) is 6.32. The van der Waals surface area contributed by atoms with Crippen molar-refractivity contribution in [3.63, 3.8) is 0 Å². The molecule has 1 unspecified atom stereocenters. The molecule has 124 valence electrons. The van der Waals surface area contributed by atoms with Crippen LogP contribution in [0.5, 0.6) is 0 Å². The highest BCUT2D eigenvalue weighted by Gasteiger charge is 2.25. The van der Waals surface area contributed by atoms with Crippen molar-refractivity contribution in [3.05, 3.63) is 70.3 Å². The summed E-state index contributed by atoms with van der Waals surface area (Å²) < 4.78 is 0. The topological polar surface area (TPSA) is 66.4 Å². The summed E-state index contributed by atoms with van der Waals surface area (Å²) in [6, 6.07) is 13.6. The molecule has 24 heavy (non-hydrogen) atoms. The van der Waals surface area contributed by atoms with Crippen molar-refractivity contribution in [1.82, 2.24) is 5.32 Å². The van der Waals surface area contributed by atoms with E-state index in [-0.39, 0.29) is 18.4 Å². The summed E-state index contributed by atoms with van der Waals surface area (Å²) >= 11 is 0. The Hall–Kier alpha value is -2.62. The zero-order chi connectivity index (χ0) is 17.1.